The molecule has 3 aromatic rings. The van der Waals surface area contributed by atoms with Gasteiger partial charge in [-0.05, 0) is 60.0 Å². The maximum atomic E-state index is 5.86. The lowest BCUT2D eigenvalue weighted by Gasteiger charge is -2.32. The van der Waals surface area contributed by atoms with Crippen LogP contribution in [0.4, 0.5) is 0 Å². The van der Waals surface area contributed by atoms with Crippen molar-refractivity contribution in [2.24, 2.45) is 0 Å². The van der Waals surface area contributed by atoms with Gasteiger partial charge in [0, 0.05) is 5.41 Å². The molecule has 180 valence electrons. The molecule has 0 radical (unpaired) electrons. The predicted molar refractivity (Wildman–Crippen MR) is 130 cm³/mol. The third-order valence-corrected chi connectivity index (χ3v) is 6.61. The molecule has 0 spiro atoms. The Morgan fingerprint density at radius 2 is 1.11 bits per heavy atom. The molecule has 3 heterocycles. The van der Waals surface area contributed by atoms with Crippen LogP contribution in [0.5, 0.6) is 17.2 Å². The average Bonchev–Trinajstić information content (AvgIpc) is 3.76. The summed E-state index contributed by atoms with van der Waals surface area (Å²) in [5.41, 5.74) is 3.08. The second-order valence-electron chi connectivity index (χ2n) is 9.22. The molecule has 0 aliphatic carbocycles. The van der Waals surface area contributed by atoms with Gasteiger partial charge < -0.3 is 28.4 Å². The summed E-state index contributed by atoms with van der Waals surface area (Å²) in [5, 5.41) is 0. The van der Waals surface area contributed by atoms with Crippen molar-refractivity contribution in [1.29, 1.82) is 0 Å². The van der Waals surface area contributed by atoms with Gasteiger partial charge in [-0.2, -0.15) is 0 Å². The molecule has 3 aromatic carbocycles. The highest BCUT2D eigenvalue weighted by atomic mass is 16.6. The molecule has 0 saturated carbocycles. The molecule has 0 amide bonds. The second kappa shape index (κ2) is 9.29. The lowest BCUT2D eigenvalue weighted by molar-refractivity contribution is 0.263. The Labute approximate surface area is 205 Å². The van der Waals surface area contributed by atoms with E-state index in [0.717, 1.165) is 52.9 Å². The van der Waals surface area contributed by atoms with Crippen LogP contribution < -0.4 is 14.2 Å². The van der Waals surface area contributed by atoms with Gasteiger partial charge in [0.1, 0.15) is 55.5 Å². The third-order valence-electron chi connectivity index (χ3n) is 6.61. The van der Waals surface area contributed by atoms with Crippen molar-refractivity contribution < 1.29 is 28.4 Å². The molecule has 2 atom stereocenters. The summed E-state index contributed by atoms with van der Waals surface area (Å²) in [6.45, 7) is 5.64. The summed E-state index contributed by atoms with van der Waals surface area (Å²) < 4.78 is 33.0. The third kappa shape index (κ3) is 5.29. The molecule has 3 aliphatic rings. The minimum absolute atomic E-state index is 0.231. The smallest absolute Gasteiger partial charge is 0.169 e. The topological polar surface area (TPSA) is 65.3 Å². The molecule has 0 bridgehead atoms. The molecule has 0 N–H and O–H groups in total. The van der Waals surface area contributed by atoms with Crippen LogP contribution >= 0.6 is 0 Å². The van der Waals surface area contributed by atoms with Crippen molar-refractivity contribution in [3.63, 3.8) is 0 Å². The van der Waals surface area contributed by atoms with Crippen molar-refractivity contribution >= 4 is 0 Å². The highest BCUT2D eigenvalue weighted by molar-refractivity contribution is 5.52. The number of ether oxygens (including phenoxy) is 6. The average molecular weight is 473 g/mol. The highest BCUT2D eigenvalue weighted by Crippen LogP contribution is 2.40. The van der Waals surface area contributed by atoms with Gasteiger partial charge >= 0.3 is 0 Å². The van der Waals surface area contributed by atoms with E-state index in [1.54, 1.807) is 6.26 Å². The summed E-state index contributed by atoms with van der Waals surface area (Å²) in [5.74, 6) is 3.33. The van der Waals surface area contributed by atoms with E-state index in [2.05, 4.69) is 43.3 Å². The van der Waals surface area contributed by atoms with Crippen molar-refractivity contribution in [3.8, 4) is 17.2 Å². The first kappa shape index (κ1) is 22.0. The first-order valence-electron chi connectivity index (χ1n) is 12.0. The minimum Gasteiger partial charge on any atom is -0.491 e. The molecule has 3 saturated heterocycles. The van der Waals surface area contributed by atoms with Crippen molar-refractivity contribution in [2.45, 2.75) is 24.5 Å². The van der Waals surface area contributed by atoms with Crippen molar-refractivity contribution in [1.82, 2.24) is 0 Å². The predicted octanol–water partition coefficient (Wildman–Crippen LogP) is 4.85. The Hall–Kier alpha value is -3.48. The number of hydrogen-bond acceptors (Lipinski definition) is 6. The Morgan fingerprint density at radius 3 is 1.49 bits per heavy atom. The van der Waals surface area contributed by atoms with E-state index in [1.165, 1.54) is 0 Å². The van der Waals surface area contributed by atoms with E-state index in [1.807, 2.05) is 36.4 Å². The zero-order chi connectivity index (χ0) is 23.7. The summed E-state index contributed by atoms with van der Waals surface area (Å²) in [6, 6.07) is 24.9. The number of rotatable bonds is 11. The van der Waals surface area contributed by atoms with Gasteiger partial charge in [-0.1, -0.05) is 36.4 Å². The van der Waals surface area contributed by atoms with Crippen LogP contribution in [0.3, 0.4) is 0 Å². The van der Waals surface area contributed by atoms with E-state index < -0.39 is 5.41 Å². The van der Waals surface area contributed by atoms with Gasteiger partial charge in [0.25, 0.3) is 0 Å². The fourth-order valence-corrected chi connectivity index (χ4v) is 4.09. The van der Waals surface area contributed by atoms with Crippen LogP contribution in [0.1, 0.15) is 23.6 Å². The number of epoxide rings is 3. The van der Waals surface area contributed by atoms with Gasteiger partial charge in [0.15, 0.2) is 5.76 Å². The minimum atomic E-state index is -0.396. The lowest BCUT2D eigenvalue weighted by atomic mass is 9.71. The first-order valence-corrected chi connectivity index (χ1v) is 12.0. The molecule has 2 unspecified atom stereocenters. The van der Waals surface area contributed by atoms with Gasteiger partial charge in [-0.25, -0.2) is 0 Å². The Kier molecular flexibility index (Phi) is 5.84. The molecular formula is C29H28O6. The van der Waals surface area contributed by atoms with Crippen LogP contribution in [0.15, 0.2) is 84.8 Å². The largest absolute Gasteiger partial charge is 0.491 e. The molecule has 6 nitrogen and oxygen atoms in total. The first-order chi connectivity index (χ1) is 17.2. The maximum absolute atomic E-state index is 5.86. The molecule has 6 rings (SSSR count). The van der Waals surface area contributed by atoms with Crippen molar-refractivity contribution in [2.75, 3.05) is 33.0 Å². The molecular weight excluding hydrogens is 444 g/mol. The summed E-state index contributed by atoms with van der Waals surface area (Å²) >= 11 is 0. The number of benzene rings is 3. The fourth-order valence-electron chi connectivity index (χ4n) is 4.09. The van der Waals surface area contributed by atoms with Gasteiger partial charge in [0.05, 0.1) is 13.2 Å². The molecule has 0 aromatic heterocycles. The van der Waals surface area contributed by atoms with E-state index in [-0.39, 0.29) is 12.2 Å². The highest BCUT2D eigenvalue weighted by Gasteiger charge is 2.32. The molecule has 6 heteroatoms. The van der Waals surface area contributed by atoms with E-state index in [0.29, 0.717) is 19.8 Å². The quantitative estimate of drug-likeness (QED) is 0.226. The zero-order valence-electron chi connectivity index (χ0n) is 19.6. The van der Waals surface area contributed by atoms with E-state index in [9.17, 15) is 0 Å². The lowest BCUT2D eigenvalue weighted by Crippen LogP contribution is -2.25. The Bertz CT molecular complexity index is 1110. The fraction of sp³-hybridized carbons (Fsp3) is 0.310. The van der Waals surface area contributed by atoms with E-state index >= 15 is 0 Å². The van der Waals surface area contributed by atoms with Gasteiger partial charge in [0.2, 0.25) is 0 Å². The van der Waals surface area contributed by atoms with Crippen LogP contribution in [0, 0.1) is 0 Å². The van der Waals surface area contributed by atoms with Crippen LogP contribution in [-0.2, 0) is 19.6 Å². The van der Waals surface area contributed by atoms with Crippen LogP contribution in [0.2, 0.25) is 0 Å². The van der Waals surface area contributed by atoms with E-state index in [4.69, 9.17) is 28.4 Å². The van der Waals surface area contributed by atoms with Gasteiger partial charge in [-0.3, -0.25) is 0 Å². The molecule has 3 aliphatic heterocycles. The van der Waals surface area contributed by atoms with Crippen LogP contribution in [0.25, 0.3) is 0 Å². The monoisotopic (exact) mass is 472 g/mol. The van der Waals surface area contributed by atoms with Gasteiger partial charge in [-0.15, -0.1) is 0 Å². The summed E-state index contributed by atoms with van der Waals surface area (Å²) in [6.07, 6.45) is 2.12. The second-order valence-corrected chi connectivity index (χ2v) is 9.22. The SMILES string of the molecule is CC(c1ccc(O/C=C2\CO2)cc1)(c1ccc(OCC2CO2)cc1)c1ccc(OCC2CO2)cc1. The number of hydrogen-bond donors (Lipinski definition) is 0. The Morgan fingerprint density at radius 1 is 0.714 bits per heavy atom. The maximum Gasteiger partial charge on any atom is 0.169 e. The standard InChI is InChI=1S/C29H28O6/c1-29(20-2-8-23(9-3-20)30-14-26-17-33-26,21-4-10-24(11-5-21)31-15-27-18-34-27)22-6-12-25(13-7-22)32-16-28-19-35-28/h2-14,27-28H,15-19H2,1H3/b26-14+. The normalized spacial score (nSPS) is 22.6. The molecule has 35 heavy (non-hydrogen) atoms. The summed E-state index contributed by atoms with van der Waals surface area (Å²) in [4.78, 5) is 0. The zero-order valence-corrected chi connectivity index (χ0v) is 19.6. The Balaban J connectivity index is 1.28. The van der Waals surface area contributed by atoms with Crippen molar-refractivity contribution in [3.05, 3.63) is 102 Å². The molecule has 3 fully saturated rings. The summed E-state index contributed by atoms with van der Waals surface area (Å²) in [7, 11) is 0. The van der Waals surface area contributed by atoms with Crippen LogP contribution in [-0.4, -0.2) is 45.2 Å².